The number of hydrogen-bond donors (Lipinski definition) is 1. The number of carbonyl (C=O) groups excluding carboxylic acids is 2. The predicted molar refractivity (Wildman–Crippen MR) is 95.4 cm³/mol. The summed E-state index contributed by atoms with van der Waals surface area (Å²) in [7, 11) is 0. The summed E-state index contributed by atoms with van der Waals surface area (Å²) < 4.78 is 16.1. The molecule has 1 aliphatic rings. The quantitative estimate of drug-likeness (QED) is 0.750. The molecule has 0 radical (unpaired) electrons. The highest BCUT2D eigenvalue weighted by atomic mass is 79.9. The van der Waals surface area contributed by atoms with Crippen LogP contribution >= 0.6 is 27.5 Å². The molecular formula is C17H13BrClNO5. The lowest BCUT2D eigenvalue weighted by atomic mass is 10.2. The van der Waals surface area contributed by atoms with E-state index < -0.39 is 18.5 Å². The van der Waals surface area contributed by atoms with Crippen LogP contribution in [0.2, 0.25) is 5.02 Å². The van der Waals surface area contributed by atoms with Gasteiger partial charge in [0.1, 0.15) is 0 Å². The molecule has 1 heterocycles. The molecule has 0 saturated carbocycles. The molecule has 1 aliphatic heterocycles. The van der Waals surface area contributed by atoms with Gasteiger partial charge in [0.15, 0.2) is 18.1 Å². The lowest BCUT2D eigenvalue weighted by Crippen LogP contribution is -2.21. The number of anilines is 1. The van der Waals surface area contributed by atoms with Crippen molar-refractivity contribution in [1.82, 2.24) is 0 Å². The predicted octanol–water partition coefficient (Wildman–Crippen LogP) is 3.94. The van der Waals surface area contributed by atoms with Crippen LogP contribution in [0.25, 0.3) is 0 Å². The molecule has 1 N–H and O–H groups in total. The van der Waals surface area contributed by atoms with Crippen LogP contribution in [0, 0.1) is 6.92 Å². The second kappa shape index (κ2) is 7.33. The van der Waals surface area contributed by atoms with Gasteiger partial charge in [-0.3, -0.25) is 4.79 Å². The zero-order chi connectivity index (χ0) is 18.0. The molecule has 0 atom stereocenters. The Balaban J connectivity index is 1.60. The van der Waals surface area contributed by atoms with Crippen molar-refractivity contribution in [3.05, 3.63) is 51.0 Å². The Morgan fingerprint density at radius 1 is 1.28 bits per heavy atom. The molecule has 2 aromatic rings. The molecule has 0 spiro atoms. The minimum absolute atomic E-state index is 0.0430. The van der Waals surface area contributed by atoms with E-state index in [1.807, 2.05) is 19.1 Å². The van der Waals surface area contributed by atoms with E-state index in [4.69, 9.17) is 25.8 Å². The molecule has 0 aliphatic carbocycles. The van der Waals surface area contributed by atoms with Crippen LogP contribution in [0.15, 0.2) is 34.8 Å². The lowest BCUT2D eigenvalue weighted by molar-refractivity contribution is -0.119. The van der Waals surface area contributed by atoms with E-state index in [-0.39, 0.29) is 17.4 Å². The number of rotatable bonds is 4. The van der Waals surface area contributed by atoms with E-state index in [1.54, 1.807) is 6.07 Å². The maximum atomic E-state index is 12.1. The van der Waals surface area contributed by atoms with E-state index in [9.17, 15) is 9.59 Å². The van der Waals surface area contributed by atoms with Crippen LogP contribution in [0.5, 0.6) is 11.5 Å². The van der Waals surface area contributed by atoms with Gasteiger partial charge in [0.05, 0.1) is 16.3 Å². The summed E-state index contributed by atoms with van der Waals surface area (Å²) in [6.07, 6.45) is 0. The Bertz CT molecular complexity index is 855. The highest BCUT2D eigenvalue weighted by Crippen LogP contribution is 2.39. The van der Waals surface area contributed by atoms with Crippen molar-refractivity contribution in [1.29, 1.82) is 0 Å². The molecule has 0 fully saturated rings. The third kappa shape index (κ3) is 4.05. The van der Waals surface area contributed by atoms with E-state index in [0.29, 0.717) is 17.2 Å². The molecule has 0 unspecified atom stereocenters. The van der Waals surface area contributed by atoms with Crippen LogP contribution < -0.4 is 14.8 Å². The van der Waals surface area contributed by atoms with E-state index >= 15 is 0 Å². The number of carbonyl (C=O) groups is 2. The molecule has 3 rings (SSSR count). The van der Waals surface area contributed by atoms with Crippen molar-refractivity contribution in [2.75, 3.05) is 18.7 Å². The number of benzene rings is 2. The van der Waals surface area contributed by atoms with Gasteiger partial charge in [-0.15, -0.1) is 0 Å². The smallest absolute Gasteiger partial charge is 0.338 e. The number of nitrogens with one attached hydrogen (secondary N) is 1. The van der Waals surface area contributed by atoms with Crippen molar-refractivity contribution in [2.24, 2.45) is 0 Å². The summed E-state index contributed by atoms with van der Waals surface area (Å²) in [4.78, 5) is 24.1. The molecule has 2 aromatic carbocycles. The minimum Gasteiger partial charge on any atom is -0.454 e. The normalized spacial score (nSPS) is 12.0. The van der Waals surface area contributed by atoms with Gasteiger partial charge >= 0.3 is 5.97 Å². The summed E-state index contributed by atoms with van der Waals surface area (Å²) in [5.74, 6) is -0.379. The topological polar surface area (TPSA) is 73.9 Å². The number of esters is 1. The van der Waals surface area contributed by atoms with Gasteiger partial charge in [-0.25, -0.2) is 4.79 Å². The Kier molecular flexibility index (Phi) is 5.15. The highest BCUT2D eigenvalue weighted by molar-refractivity contribution is 9.10. The molecule has 0 bridgehead atoms. The molecule has 25 heavy (non-hydrogen) atoms. The fraction of sp³-hybridized carbons (Fsp3) is 0.176. The fourth-order valence-corrected chi connectivity index (χ4v) is 3.07. The summed E-state index contributed by atoms with van der Waals surface area (Å²) >= 11 is 9.39. The van der Waals surface area contributed by atoms with Crippen LogP contribution in [-0.4, -0.2) is 25.3 Å². The SMILES string of the molecule is Cc1ccc(NC(=O)COC(=O)c2cc(Cl)c3c(c2)OCO3)c(Br)c1. The first-order valence-electron chi connectivity index (χ1n) is 7.26. The van der Waals surface area contributed by atoms with Crippen LogP contribution in [-0.2, 0) is 9.53 Å². The Hall–Kier alpha value is -2.25. The lowest BCUT2D eigenvalue weighted by Gasteiger charge is -2.09. The molecule has 0 saturated heterocycles. The van der Waals surface area contributed by atoms with Gasteiger partial charge in [-0.05, 0) is 52.7 Å². The second-order valence-corrected chi connectivity index (χ2v) is 6.56. The summed E-state index contributed by atoms with van der Waals surface area (Å²) in [5, 5.41) is 2.91. The number of halogens is 2. The first-order valence-corrected chi connectivity index (χ1v) is 8.43. The third-order valence-corrected chi connectivity index (χ3v) is 4.33. The monoisotopic (exact) mass is 425 g/mol. The largest absolute Gasteiger partial charge is 0.454 e. The second-order valence-electron chi connectivity index (χ2n) is 5.30. The fourth-order valence-electron chi connectivity index (χ4n) is 2.21. The van der Waals surface area contributed by atoms with Gasteiger partial charge in [0.25, 0.3) is 5.91 Å². The average molecular weight is 427 g/mol. The summed E-state index contributed by atoms with van der Waals surface area (Å²) in [5.41, 5.74) is 1.83. The molecule has 6 nitrogen and oxygen atoms in total. The number of ether oxygens (including phenoxy) is 3. The molecule has 0 aromatic heterocycles. The van der Waals surface area contributed by atoms with Crippen molar-refractivity contribution in [3.63, 3.8) is 0 Å². The van der Waals surface area contributed by atoms with Crippen LogP contribution in [0.1, 0.15) is 15.9 Å². The first kappa shape index (κ1) is 17.6. The van der Waals surface area contributed by atoms with Gasteiger partial charge in [-0.2, -0.15) is 0 Å². The van der Waals surface area contributed by atoms with Crippen molar-refractivity contribution in [2.45, 2.75) is 6.92 Å². The van der Waals surface area contributed by atoms with Gasteiger partial charge in [-0.1, -0.05) is 17.7 Å². The molecular weight excluding hydrogens is 414 g/mol. The van der Waals surface area contributed by atoms with E-state index in [2.05, 4.69) is 21.2 Å². The first-order chi connectivity index (χ1) is 11.9. The van der Waals surface area contributed by atoms with Crippen molar-refractivity contribution in [3.8, 4) is 11.5 Å². The number of aryl methyl sites for hydroxylation is 1. The Morgan fingerprint density at radius 3 is 2.84 bits per heavy atom. The molecule has 1 amide bonds. The number of fused-ring (bicyclic) bond motifs is 1. The Morgan fingerprint density at radius 2 is 2.08 bits per heavy atom. The van der Waals surface area contributed by atoms with Gasteiger partial charge in [0, 0.05) is 4.47 Å². The zero-order valence-electron chi connectivity index (χ0n) is 13.1. The minimum atomic E-state index is -0.682. The average Bonchev–Trinajstić information content (AvgIpc) is 3.04. The third-order valence-electron chi connectivity index (χ3n) is 3.40. The molecule has 130 valence electrons. The highest BCUT2D eigenvalue weighted by Gasteiger charge is 2.21. The van der Waals surface area contributed by atoms with Crippen molar-refractivity contribution >= 4 is 45.1 Å². The number of amides is 1. The van der Waals surface area contributed by atoms with Gasteiger partial charge < -0.3 is 19.5 Å². The van der Waals surface area contributed by atoms with Crippen LogP contribution in [0.4, 0.5) is 5.69 Å². The summed E-state index contributed by atoms with van der Waals surface area (Å²) in [6, 6.07) is 8.37. The Labute approximate surface area is 157 Å². The zero-order valence-corrected chi connectivity index (χ0v) is 15.4. The standard InChI is InChI=1S/C17H13BrClNO5/c1-9-2-3-13(11(18)4-9)20-15(21)7-23-17(22)10-5-12(19)16-14(6-10)24-8-25-16/h2-6H,7-8H2,1H3,(H,20,21). The number of hydrogen-bond acceptors (Lipinski definition) is 5. The van der Waals surface area contributed by atoms with E-state index in [1.165, 1.54) is 12.1 Å². The van der Waals surface area contributed by atoms with E-state index in [0.717, 1.165) is 10.0 Å². The van der Waals surface area contributed by atoms with Gasteiger partial charge in [0.2, 0.25) is 6.79 Å². The maximum absolute atomic E-state index is 12.1. The maximum Gasteiger partial charge on any atom is 0.338 e. The summed E-state index contributed by atoms with van der Waals surface area (Å²) in [6.45, 7) is 1.56. The van der Waals surface area contributed by atoms with Crippen molar-refractivity contribution < 1.29 is 23.8 Å². The van der Waals surface area contributed by atoms with Crippen LogP contribution in [0.3, 0.4) is 0 Å². The molecule has 8 heteroatoms.